The van der Waals surface area contributed by atoms with Gasteiger partial charge in [0.05, 0.1) is 4.90 Å². The first-order chi connectivity index (χ1) is 8.79. The second kappa shape index (κ2) is 4.52. The first kappa shape index (κ1) is 13.3. The Bertz CT molecular complexity index is 741. The van der Waals surface area contributed by atoms with Crippen molar-refractivity contribution in [2.45, 2.75) is 11.8 Å². The third-order valence-electron chi connectivity index (χ3n) is 2.56. The van der Waals surface area contributed by atoms with Crippen LogP contribution in [0.5, 0.6) is 0 Å². The number of benzene rings is 1. The molecular weight excluding hydrogens is 272 g/mol. The van der Waals surface area contributed by atoms with E-state index in [9.17, 15) is 17.8 Å². The van der Waals surface area contributed by atoms with Gasteiger partial charge in [-0.05, 0) is 30.7 Å². The van der Waals surface area contributed by atoms with E-state index in [1.54, 1.807) is 6.07 Å². The van der Waals surface area contributed by atoms with E-state index in [4.69, 9.17) is 9.52 Å². The highest BCUT2D eigenvalue weighted by molar-refractivity contribution is 7.85. The van der Waals surface area contributed by atoms with Crippen molar-refractivity contribution in [2.24, 2.45) is 0 Å². The van der Waals surface area contributed by atoms with Crippen molar-refractivity contribution in [1.82, 2.24) is 0 Å². The second-order valence-electron chi connectivity index (χ2n) is 3.90. The number of aromatic carboxylic acids is 1. The molecule has 2 rings (SSSR count). The van der Waals surface area contributed by atoms with Crippen molar-refractivity contribution in [3.63, 3.8) is 0 Å². The lowest BCUT2D eigenvalue weighted by Gasteiger charge is -2.11. The highest BCUT2D eigenvalue weighted by Crippen LogP contribution is 2.26. The summed E-state index contributed by atoms with van der Waals surface area (Å²) in [6.07, 6.45) is 0. The van der Waals surface area contributed by atoms with Gasteiger partial charge in [-0.2, -0.15) is 0 Å². The normalized spacial score (nSPS) is 11.5. The predicted octanol–water partition coefficient (Wildman–Crippen LogP) is 1.86. The zero-order valence-corrected chi connectivity index (χ0v) is 10.6. The molecule has 0 atom stereocenters. The molecule has 0 saturated carbocycles. The van der Waals surface area contributed by atoms with E-state index in [0.29, 0.717) is 11.1 Å². The number of furan rings is 1. The molecule has 0 spiro atoms. The first-order valence-corrected chi connectivity index (χ1v) is 6.60. The summed E-state index contributed by atoms with van der Waals surface area (Å²) in [6, 6.07) is 6.83. The molecule has 6 nitrogen and oxygen atoms in total. The van der Waals surface area contributed by atoms with Gasteiger partial charge in [-0.15, -0.1) is 0 Å². The lowest BCUT2D eigenvalue weighted by atomic mass is 10.1. The van der Waals surface area contributed by atoms with Crippen LogP contribution in [0.25, 0.3) is 11.3 Å². The number of hydrogen-bond donors (Lipinski definition) is 1. The molecule has 1 aromatic heterocycles. The average Bonchev–Trinajstić information content (AvgIpc) is 2.77. The maximum Gasteiger partial charge on any atom is 0.371 e. The molecule has 0 saturated heterocycles. The molecular formula is C12H9O6S-. The minimum absolute atomic E-state index is 0.183. The van der Waals surface area contributed by atoms with Crippen molar-refractivity contribution >= 4 is 16.1 Å². The van der Waals surface area contributed by atoms with Crippen molar-refractivity contribution in [3.05, 3.63) is 41.7 Å². The van der Waals surface area contributed by atoms with E-state index >= 15 is 0 Å². The van der Waals surface area contributed by atoms with Crippen LogP contribution in [-0.2, 0) is 10.1 Å². The quantitative estimate of drug-likeness (QED) is 0.860. The number of aryl methyl sites for hydroxylation is 1. The zero-order valence-electron chi connectivity index (χ0n) is 9.78. The predicted molar refractivity (Wildman–Crippen MR) is 63.8 cm³/mol. The molecule has 0 unspecified atom stereocenters. The third-order valence-corrected chi connectivity index (χ3v) is 3.54. The molecule has 2 aromatic rings. The molecule has 0 aliphatic heterocycles. The van der Waals surface area contributed by atoms with Crippen LogP contribution >= 0.6 is 0 Å². The lowest BCUT2D eigenvalue weighted by molar-refractivity contribution is 0.0663. The molecule has 19 heavy (non-hydrogen) atoms. The summed E-state index contributed by atoms with van der Waals surface area (Å²) in [5.74, 6) is -1.31. The Kier molecular flexibility index (Phi) is 3.17. The monoisotopic (exact) mass is 281 g/mol. The molecule has 0 fully saturated rings. The lowest BCUT2D eigenvalue weighted by Crippen LogP contribution is -2.01. The van der Waals surface area contributed by atoms with Gasteiger partial charge in [0.15, 0.2) is 0 Å². The van der Waals surface area contributed by atoms with Crippen LogP contribution in [0.1, 0.15) is 16.1 Å². The summed E-state index contributed by atoms with van der Waals surface area (Å²) in [5, 5.41) is 8.73. The summed E-state index contributed by atoms with van der Waals surface area (Å²) in [7, 11) is -4.58. The summed E-state index contributed by atoms with van der Waals surface area (Å²) in [5.41, 5.74) is 0.649. The fourth-order valence-corrected chi connectivity index (χ4v) is 2.36. The Morgan fingerprint density at radius 2 is 1.95 bits per heavy atom. The van der Waals surface area contributed by atoms with Gasteiger partial charge in [0.1, 0.15) is 15.9 Å². The maximum absolute atomic E-state index is 11.1. The Morgan fingerprint density at radius 1 is 1.26 bits per heavy atom. The van der Waals surface area contributed by atoms with E-state index in [1.165, 1.54) is 31.2 Å². The van der Waals surface area contributed by atoms with Gasteiger partial charge in [0.25, 0.3) is 0 Å². The Labute approximate surface area is 109 Å². The van der Waals surface area contributed by atoms with E-state index < -0.39 is 16.1 Å². The molecule has 0 aliphatic carbocycles. The van der Waals surface area contributed by atoms with Gasteiger partial charge in [0.2, 0.25) is 5.76 Å². The molecule has 0 radical (unpaired) electrons. The molecule has 0 aliphatic rings. The van der Waals surface area contributed by atoms with Crippen LogP contribution < -0.4 is 0 Å². The van der Waals surface area contributed by atoms with Crippen molar-refractivity contribution in [1.29, 1.82) is 0 Å². The topological polar surface area (TPSA) is 108 Å². The highest BCUT2D eigenvalue weighted by Gasteiger charge is 2.13. The summed E-state index contributed by atoms with van der Waals surface area (Å²) in [6.45, 7) is 1.50. The molecule has 1 heterocycles. The van der Waals surface area contributed by atoms with Gasteiger partial charge in [-0.3, -0.25) is 0 Å². The van der Waals surface area contributed by atoms with Crippen LogP contribution in [0.3, 0.4) is 0 Å². The zero-order chi connectivity index (χ0) is 14.2. The third kappa shape index (κ3) is 2.67. The van der Waals surface area contributed by atoms with Crippen molar-refractivity contribution in [2.75, 3.05) is 0 Å². The Morgan fingerprint density at radius 3 is 2.47 bits per heavy atom. The largest absolute Gasteiger partial charge is 0.744 e. The fraction of sp³-hybridized carbons (Fsp3) is 0.0833. The number of carboxylic acid groups (broad SMARTS) is 1. The van der Waals surface area contributed by atoms with Gasteiger partial charge in [-0.25, -0.2) is 13.2 Å². The van der Waals surface area contributed by atoms with Crippen LogP contribution in [0.2, 0.25) is 0 Å². The fourth-order valence-electron chi connectivity index (χ4n) is 1.63. The molecule has 0 bridgehead atoms. The number of hydrogen-bond acceptors (Lipinski definition) is 5. The number of rotatable bonds is 3. The SMILES string of the molecule is Cc1ccc(-c2ccc(C(=O)O)o2)cc1S(=O)(=O)[O-]. The van der Waals surface area contributed by atoms with Crippen LogP contribution in [0.15, 0.2) is 39.6 Å². The molecule has 100 valence electrons. The Hall–Kier alpha value is -2.12. The van der Waals surface area contributed by atoms with E-state index in [1.807, 2.05) is 0 Å². The van der Waals surface area contributed by atoms with Crippen LogP contribution in [0.4, 0.5) is 0 Å². The van der Waals surface area contributed by atoms with Crippen LogP contribution in [-0.4, -0.2) is 24.0 Å². The number of carbonyl (C=O) groups is 1. The van der Waals surface area contributed by atoms with Gasteiger partial charge in [0, 0.05) is 5.56 Å². The maximum atomic E-state index is 11.1. The van der Waals surface area contributed by atoms with E-state index in [2.05, 4.69) is 0 Å². The van der Waals surface area contributed by atoms with Crippen LogP contribution in [0, 0.1) is 6.92 Å². The van der Waals surface area contributed by atoms with Crippen molar-refractivity contribution in [3.8, 4) is 11.3 Å². The van der Waals surface area contributed by atoms with Gasteiger partial charge >= 0.3 is 5.97 Å². The standard InChI is InChI=1S/C12H10O6S/c1-7-2-3-8(6-11(7)19(15,16)17)9-4-5-10(18-9)12(13)14/h2-6H,1H3,(H,13,14)(H,15,16,17)/p-1. The Balaban J connectivity index is 2.54. The summed E-state index contributed by atoms with van der Waals surface area (Å²) in [4.78, 5) is 10.3. The van der Waals surface area contributed by atoms with Gasteiger partial charge < -0.3 is 14.1 Å². The minimum atomic E-state index is -4.58. The van der Waals surface area contributed by atoms with E-state index in [-0.39, 0.29) is 16.4 Å². The minimum Gasteiger partial charge on any atom is -0.744 e. The first-order valence-electron chi connectivity index (χ1n) is 5.19. The number of carboxylic acids is 1. The smallest absolute Gasteiger partial charge is 0.371 e. The van der Waals surface area contributed by atoms with Gasteiger partial charge in [-0.1, -0.05) is 12.1 Å². The molecule has 1 aromatic carbocycles. The van der Waals surface area contributed by atoms with E-state index in [0.717, 1.165) is 0 Å². The summed E-state index contributed by atoms with van der Waals surface area (Å²) < 4.78 is 38.3. The molecule has 0 amide bonds. The molecule has 7 heteroatoms. The average molecular weight is 281 g/mol. The summed E-state index contributed by atoms with van der Waals surface area (Å²) >= 11 is 0. The highest BCUT2D eigenvalue weighted by atomic mass is 32.2. The molecule has 1 N–H and O–H groups in total. The van der Waals surface area contributed by atoms with Crippen molar-refractivity contribution < 1.29 is 27.3 Å². The second-order valence-corrected chi connectivity index (χ2v) is 5.25.